The average molecular weight is 334 g/mol. The van der Waals surface area contributed by atoms with Crippen molar-refractivity contribution in [2.75, 3.05) is 6.26 Å². The maximum absolute atomic E-state index is 10.8. The second-order valence-electron chi connectivity index (χ2n) is 6.02. The van der Waals surface area contributed by atoms with Crippen molar-refractivity contribution in [3.05, 3.63) is 101 Å². The van der Waals surface area contributed by atoms with Crippen LogP contribution in [0.2, 0.25) is 0 Å². The number of phenolic OH excluding ortho intramolecular Hbond substituents is 1. The lowest BCUT2D eigenvalue weighted by Crippen LogP contribution is -1.97. The lowest BCUT2D eigenvalue weighted by molar-refractivity contribution is 0.463. The predicted molar refractivity (Wildman–Crippen MR) is 104 cm³/mol. The Labute approximate surface area is 148 Å². The smallest absolute Gasteiger partial charge is 0.122 e. The van der Waals surface area contributed by atoms with Crippen LogP contribution >= 0.6 is 11.8 Å². The van der Waals surface area contributed by atoms with Crippen LogP contribution in [0, 0.1) is 0 Å². The molecule has 0 atom stereocenters. The maximum atomic E-state index is 10.8. The Bertz CT molecular complexity index is 719. The number of aromatic hydroxyl groups is 1. The van der Waals surface area contributed by atoms with Crippen LogP contribution in [-0.2, 0) is 18.6 Å². The summed E-state index contributed by atoms with van der Waals surface area (Å²) in [6, 6.07) is 24.9. The van der Waals surface area contributed by atoms with Gasteiger partial charge in [0.05, 0.1) is 0 Å². The van der Waals surface area contributed by atoms with Crippen molar-refractivity contribution in [3.8, 4) is 5.75 Å². The first kappa shape index (κ1) is 16.7. The first-order chi connectivity index (χ1) is 11.8. The summed E-state index contributed by atoms with van der Waals surface area (Å²) in [6.07, 6.45) is 3.63. The highest BCUT2D eigenvalue weighted by Gasteiger charge is 2.11. The fourth-order valence-corrected chi connectivity index (χ4v) is 3.48. The molecule has 122 valence electrons. The molecule has 0 unspecified atom stereocenters. The molecular formula is C22H22OS. The van der Waals surface area contributed by atoms with Crippen molar-refractivity contribution in [1.82, 2.24) is 0 Å². The molecular weight excluding hydrogens is 312 g/mol. The number of benzene rings is 3. The first-order valence-electron chi connectivity index (χ1n) is 8.16. The van der Waals surface area contributed by atoms with E-state index in [0.717, 1.165) is 29.7 Å². The van der Waals surface area contributed by atoms with Crippen molar-refractivity contribution in [3.63, 3.8) is 0 Å². The summed E-state index contributed by atoms with van der Waals surface area (Å²) in [7, 11) is 0. The van der Waals surface area contributed by atoms with Gasteiger partial charge in [0.1, 0.15) is 5.75 Å². The van der Waals surface area contributed by atoms with Gasteiger partial charge in [-0.3, -0.25) is 0 Å². The number of hydrogen-bond acceptors (Lipinski definition) is 2. The van der Waals surface area contributed by atoms with E-state index in [1.807, 2.05) is 48.2 Å². The van der Waals surface area contributed by atoms with Gasteiger partial charge in [0.15, 0.2) is 0 Å². The number of thioether (sulfide) groups is 1. The molecule has 0 saturated heterocycles. The summed E-state index contributed by atoms with van der Waals surface area (Å²) in [5, 5.41) is 10.8. The second-order valence-corrected chi connectivity index (χ2v) is 6.89. The highest BCUT2D eigenvalue weighted by molar-refractivity contribution is 7.97. The molecule has 0 amide bonds. The Balaban J connectivity index is 1.95. The van der Waals surface area contributed by atoms with Crippen LogP contribution in [0.3, 0.4) is 0 Å². The summed E-state index contributed by atoms with van der Waals surface area (Å²) in [5.41, 5.74) is 5.74. The summed E-state index contributed by atoms with van der Waals surface area (Å²) in [4.78, 5) is 0. The zero-order chi connectivity index (χ0) is 16.8. The SMILES string of the molecule is CSCc1cc(Cc2ccccc2)c(O)c(Cc2ccccc2)c1. The third-order valence-electron chi connectivity index (χ3n) is 4.11. The normalized spacial score (nSPS) is 10.7. The number of phenols is 1. The van der Waals surface area contributed by atoms with Crippen LogP contribution in [0.1, 0.15) is 27.8 Å². The molecule has 3 rings (SSSR count). The molecule has 0 heterocycles. The minimum atomic E-state index is 0.438. The summed E-state index contributed by atoms with van der Waals surface area (Å²) < 4.78 is 0. The largest absolute Gasteiger partial charge is 0.507 e. The molecule has 0 aromatic heterocycles. The van der Waals surface area contributed by atoms with E-state index in [-0.39, 0.29) is 0 Å². The van der Waals surface area contributed by atoms with Gasteiger partial charge in [-0.25, -0.2) is 0 Å². The number of hydrogen-bond donors (Lipinski definition) is 1. The Hall–Kier alpha value is -2.19. The van der Waals surface area contributed by atoms with E-state index in [1.165, 1.54) is 16.7 Å². The minimum Gasteiger partial charge on any atom is -0.507 e. The highest BCUT2D eigenvalue weighted by atomic mass is 32.2. The fraction of sp³-hybridized carbons (Fsp3) is 0.182. The van der Waals surface area contributed by atoms with Crippen LogP contribution in [0.5, 0.6) is 5.75 Å². The quantitative estimate of drug-likeness (QED) is 0.648. The van der Waals surface area contributed by atoms with Gasteiger partial charge in [0, 0.05) is 18.6 Å². The van der Waals surface area contributed by atoms with Gasteiger partial charge in [-0.2, -0.15) is 11.8 Å². The van der Waals surface area contributed by atoms with Gasteiger partial charge in [-0.1, -0.05) is 72.8 Å². The Morgan fingerprint density at radius 3 is 1.58 bits per heavy atom. The van der Waals surface area contributed by atoms with Gasteiger partial charge < -0.3 is 5.11 Å². The molecule has 0 aliphatic rings. The van der Waals surface area contributed by atoms with Crippen LogP contribution in [0.15, 0.2) is 72.8 Å². The van der Waals surface area contributed by atoms with Crippen molar-refractivity contribution < 1.29 is 5.11 Å². The summed E-state index contributed by atoms with van der Waals surface area (Å²) >= 11 is 1.81. The molecule has 24 heavy (non-hydrogen) atoms. The van der Waals surface area contributed by atoms with E-state index in [1.54, 1.807) is 0 Å². The van der Waals surface area contributed by atoms with Crippen molar-refractivity contribution in [1.29, 1.82) is 0 Å². The molecule has 1 N–H and O–H groups in total. The van der Waals surface area contributed by atoms with Crippen LogP contribution in [0.25, 0.3) is 0 Å². The molecule has 0 saturated carbocycles. The zero-order valence-corrected chi connectivity index (χ0v) is 14.7. The average Bonchev–Trinajstić information content (AvgIpc) is 2.61. The van der Waals surface area contributed by atoms with Crippen molar-refractivity contribution >= 4 is 11.8 Å². The molecule has 1 nitrogen and oxygen atoms in total. The summed E-state index contributed by atoms with van der Waals surface area (Å²) in [5.74, 6) is 1.40. The molecule has 0 fully saturated rings. The van der Waals surface area contributed by atoms with Gasteiger partial charge in [-0.15, -0.1) is 0 Å². The predicted octanol–water partition coefficient (Wildman–Crippen LogP) is 5.44. The first-order valence-corrected chi connectivity index (χ1v) is 9.56. The van der Waals surface area contributed by atoms with Crippen molar-refractivity contribution in [2.45, 2.75) is 18.6 Å². The highest BCUT2D eigenvalue weighted by Crippen LogP contribution is 2.30. The zero-order valence-electron chi connectivity index (χ0n) is 13.9. The van der Waals surface area contributed by atoms with E-state index in [4.69, 9.17) is 0 Å². The molecule has 0 aliphatic carbocycles. The number of rotatable bonds is 6. The van der Waals surface area contributed by atoms with E-state index in [9.17, 15) is 5.11 Å². The van der Waals surface area contributed by atoms with Crippen molar-refractivity contribution in [2.24, 2.45) is 0 Å². The lowest BCUT2D eigenvalue weighted by atomic mass is 9.95. The summed E-state index contributed by atoms with van der Waals surface area (Å²) in [6.45, 7) is 0. The van der Waals surface area contributed by atoms with E-state index in [0.29, 0.717) is 5.75 Å². The molecule has 0 bridgehead atoms. The van der Waals surface area contributed by atoms with E-state index >= 15 is 0 Å². The van der Waals surface area contributed by atoms with E-state index in [2.05, 4.69) is 42.7 Å². The Kier molecular flexibility index (Phi) is 5.60. The maximum Gasteiger partial charge on any atom is 0.122 e. The van der Waals surface area contributed by atoms with Crippen LogP contribution < -0.4 is 0 Å². The third-order valence-corrected chi connectivity index (χ3v) is 4.74. The standard InChI is InChI=1S/C22H22OS/c1-24-16-19-14-20(12-17-8-4-2-5-9-17)22(23)21(15-19)13-18-10-6-3-7-11-18/h2-11,14-15,23H,12-13,16H2,1H3. The molecule has 3 aromatic carbocycles. The molecule has 0 radical (unpaired) electrons. The van der Waals surface area contributed by atoms with Gasteiger partial charge >= 0.3 is 0 Å². The van der Waals surface area contributed by atoms with Crippen LogP contribution in [0.4, 0.5) is 0 Å². The third kappa shape index (κ3) is 4.21. The molecule has 0 spiro atoms. The Morgan fingerprint density at radius 1 is 0.708 bits per heavy atom. The molecule has 0 aliphatic heterocycles. The topological polar surface area (TPSA) is 20.2 Å². The monoisotopic (exact) mass is 334 g/mol. The Morgan fingerprint density at radius 2 is 1.17 bits per heavy atom. The van der Waals surface area contributed by atoms with E-state index < -0.39 is 0 Å². The van der Waals surface area contributed by atoms with Gasteiger partial charge in [0.2, 0.25) is 0 Å². The molecule has 2 heteroatoms. The van der Waals surface area contributed by atoms with Gasteiger partial charge in [-0.05, 0) is 34.1 Å². The minimum absolute atomic E-state index is 0.438. The molecule has 3 aromatic rings. The lowest BCUT2D eigenvalue weighted by Gasteiger charge is -2.13. The van der Waals surface area contributed by atoms with Crippen LogP contribution in [-0.4, -0.2) is 11.4 Å². The fourth-order valence-electron chi connectivity index (χ4n) is 2.98. The van der Waals surface area contributed by atoms with Gasteiger partial charge in [0.25, 0.3) is 0 Å². The second kappa shape index (κ2) is 8.07.